The molecule has 5 nitrogen and oxygen atoms in total. The quantitative estimate of drug-likeness (QED) is 0.936. The molecular formula is C13H18ClN5S. The van der Waals surface area contributed by atoms with Gasteiger partial charge in [0.1, 0.15) is 0 Å². The Labute approximate surface area is 128 Å². The van der Waals surface area contributed by atoms with E-state index < -0.39 is 0 Å². The van der Waals surface area contributed by atoms with Crippen LogP contribution in [-0.4, -0.2) is 39.0 Å². The largest absolute Gasteiger partial charge is 0.326 e. The second-order valence-corrected chi connectivity index (χ2v) is 5.91. The van der Waals surface area contributed by atoms with E-state index in [1.165, 1.54) is 0 Å². The first-order valence-corrected chi connectivity index (χ1v) is 7.30. The first kappa shape index (κ1) is 15.3. The Bertz CT molecular complexity index is 537. The summed E-state index contributed by atoms with van der Waals surface area (Å²) in [5.41, 5.74) is 7.12. The molecule has 2 unspecified atom stereocenters. The lowest BCUT2D eigenvalue weighted by atomic mass is 10.1. The highest BCUT2D eigenvalue weighted by atomic mass is 35.5. The van der Waals surface area contributed by atoms with Gasteiger partial charge in [0.05, 0.1) is 5.69 Å². The van der Waals surface area contributed by atoms with E-state index in [2.05, 4.69) is 32.2 Å². The third-order valence-electron chi connectivity index (χ3n) is 3.44. The number of nitrogens with two attached hydrogens (primary N) is 1. The van der Waals surface area contributed by atoms with Gasteiger partial charge in [0.15, 0.2) is 10.8 Å². The van der Waals surface area contributed by atoms with E-state index in [0.717, 1.165) is 30.3 Å². The molecule has 0 saturated carbocycles. The Morgan fingerprint density at radius 2 is 2.10 bits per heavy atom. The molecule has 7 heteroatoms. The molecule has 0 radical (unpaired) electrons. The predicted molar refractivity (Wildman–Crippen MR) is 82.8 cm³/mol. The lowest BCUT2D eigenvalue weighted by Crippen LogP contribution is -2.28. The Morgan fingerprint density at radius 1 is 1.35 bits per heavy atom. The van der Waals surface area contributed by atoms with Crippen molar-refractivity contribution < 1.29 is 0 Å². The van der Waals surface area contributed by atoms with Gasteiger partial charge in [0, 0.05) is 43.4 Å². The summed E-state index contributed by atoms with van der Waals surface area (Å²) in [6.45, 7) is 5.07. The molecule has 2 aromatic heterocycles. The van der Waals surface area contributed by atoms with Crippen LogP contribution in [0.2, 0.25) is 0 Å². The van der Waals surface area contributed by atoms with Crippen LogP contribution in [-0.2, 0) is 6.54 Å². The number of nitrogens with zero attached hydrogens (tertiary/aromatic N) is 4. The molecule has 0 spiro atoms. The molecular weight excluding hydrogens is 294 g/mol. The smallest absolute Gasteiger partial charge is 0.188 e. The van der Waals surface area contributed by atoms with Crippen LogP contribution in [0.15, 0.2) is 23.8 Å². The number of thiazole rings is 1. The van der Waals surface area contributed by atoms with Gasteiger partial charge in [-0.2, -0.15) is 0 Å². The predicted octanol–water partition coefficient (Wildman–Crippen LogP) is 1.80. The molecule has 1 saturated heterocycles. The maximum absolute atomic E-state index is 6.04. The van der Waals surface area contributed by atoms with Gasteiger partial charge < -0.3 is 5.73 Å². The lowest BCUT2D eigenvalue weighted by Gasteiger charge is -2.12. The zero-order valence-electron chi connectivity index (χ0n) is 11.3. The summed E-state index contributed by atoms with van der Waals surface area (Å²) in [5.74, 6) is 1.26. The van der Waals surface area contributed by atoms with Crippen molar-refractivity contribution in [2.75, 3.05) is 13.1 Å². The van der Waals surface area contributed by atoms with Crippen LogP contribution in [0.5, 0.6) is 0 Å². The third kappa shape index (κ3) is 3.32. The number of halogens is 1. The van der Waals surface area contributed by atoms with Crippen LogP contribution in [0.1, 0.15) is 12.6 Å². The van der Waals surface area contributed by atoms with Crippen LogP contribution in [0.4, 0.5) is 0 Å². The average Bonchev–Trinajstić information content (AvgIpc) is 2.99. The zero-order valence-corrected chi connectivity index (χ0v) is 12.9. The van der Waals surface area contributed by atoms with E-state index >= 15 is 0 Å². The standard InChI is InChI=1S/C13H17N5S.ClH/c1-9-5-18(7-11(9)14)6-10-8-19-13(17-10)12-15-3-2-4-16-12;/h2-4,8-9,11H,5-7,14H2,1H3;1H. The van der Waals surface area contributed by atoms with Gasteiger partial charge in [0.25, 0.3) is 0 Å². The van der Waals surface area contributed by atoms with E-state index in [4.69, 9.17) is 5.73 Å². The van der Waals surface area contributed by atoms with Gasteiger partial charge in [-0.15, -0.1) is 23.7 Å². The minimum atomic E-state index is 0. The normalized spacial score (nSPS) is 22.7. The molecule has 3 rings (SSSR count). The first-order valence-electron chi connectivity index (χ1n) is 6.42. The van der Waals surface area contributed by atoms with Crippen LogP contribution < -0.4 is 5.73 Å². The number of hydrogen-bond acceptors (Lipinski definition) is 6. The molecule has 20 heavy (non-hydrogen) atoms. The van der Waals surface area contributed by atoms with Crippen molar-refractivity contribution in [3.05, 3.63) is 29.5 Å². The molecule has 2 N–H and O–H groups in total. The number of aromatic nitrogens is 3. The topological polar surface area (TPSA) is 67.9 Å². The van der Waals surface area contributed by atoms with Crippen molar-refractivity contribution in [1.82, 2.24) is 19.9 Å². The number of hydrogen-bond donors (Lipinski definition) is 1. The molecule has 1 aliphatic rings. The van der Waals surface area contributed by atoms with Crippen molar-refractivity contribution >= 4 is 23.7 Å². The summed E-state index contributed by atoms with van der Waals surface area (Å²) < 4.78 is 0. The van der Waals surface area contributed by atoms with Gasteiger partial charge in [-0.3, -0.25) is 4.90 Å². The van der Waals surface area contributed by atoms with Crippen molar-refractivity contribution in [1.29, 1.82) is 0 Å². The first-order chi connectivity index (χ1) is 9.22. The molecule has 0 aromatic carbocycles. The lowest BCUT2D eigenvalue weighted by molar-refractivity contribution is 0.315. The second kappa shape index (κ2) is 6.58. The molecule has 2 atom stereocenters. The molecule has 3 heterocycles. The fourth-order valence-corrected chi connectivity index (χ4v) is 3.10. The van der Waals surface area contributed by atoms with Gasteiger partial charge in [-0.25, -0.2) is 15.0 Å². The van der Waals surface area contributed by atoms with E-state index in [1.807, 2.05) is 6.07 Å². The molecule has 0 amide bonds. The van der Waals surface area contributed by atoms with Crippen molar-refractivity contribution in [2.24, 2.45) is 11.7 Å². The van der Waals surface area contributed by atoms with Gasteiger partial charge in [-0.1, -0.05) is 6.92 Å². The minimum Gasteiger partial charge on any atom is -0.326 e. The summed E-state index contributed by atoms with van der Waals surface area (Å²) in [7, 11) is 0. The van der Waals surface area contributed by atoms with Gasteiger partial charge in [-0.05, 0) is 12.0 Å². The SMILES string of the molecule is CC1CN(Cc2csc(-c3ncccn3)n2)CC1N.Cl. The highest BCUT2D eigenvalue weighted by molar-refractivity contribution is 7.13. The van der Waals surface area contributed by atoms with Crippen molar-refractivity contribution in [3.63, 3.8) is 0 Å². The number of likely N-dealkylation sites (tertiary alicyclic amines) is 1. The molecule has 2 aromatic rings. The van der Waals surface area contributed by atoms with Crippen molar-refractivity contribution in [2.45, 2.75) is 19.5 Å². The fourth-order valence-electron chi connectivity index (χ4n) is 2.35. The average molecular weight is 312 g/mol. The van der Waals surface area contributed by atoms with E-state index in [1.54, 1.807) is 23.7 Å². The summed E-state index contributed by atoms with van der Waals surface area (Å²) in [6.07, 6.45) is 3.48. The molecule has 0 aliphatic carbocycles. The Balaban J connectivity index is 0.00000147. The molecule has 1 fully saturated rings. The Morgan fingerprint density at radius 3 is 2.75 bits per heavy atom. The van der Waals surface area contributed by atoms with Gasteiger partial charge in [0.2, 0.25) is 0 Å². The summed E-state index contributed by atoms with van der Waals surface area (Å²) in [4.78, 5) is 15.4. The van der Waals surface area contributed by atoms with Crippen LogP contribution in [0.3, 0.4) is 0 Å². The maximum atomic E-state index is 6.04. The Kier molecular flexibility index (Phi) is 5.04. The summed E-state index contributed by atoms with van der Waals surface area (Å²) in [6, 6.07) is 2.10. The van der Waals surface area contributed by atoms with Crippen LogP contribution in [0, 0.1) is 5.92 Å². The summed E-state index contributed by atoms with van der Waals surface area (Å²) >= 11 is 1.59. The zero-order chi connectivity index (χ0) is 13.2. The van der Waals surface area contributed by atoms with E-state index in [0.29, 0.717) is 11.7 Å². The van der Waals surface area contributed by atoms with Crippen LogP contribution >= 0.6 is 23.7 Å². The maximum Gasteiger partial charge on any atom is 0.188 e. The van der Waals surface area contributed by atoms with E-state index in [-0.39, 0.29) is 18.4 Å². The molecule has 1 aliphatic heterocycles. The third-order valence-corrected chi connectivity index (χ3v) is 4.33. The van der Waals surface area contributed by atoms with Crippen molar-refractivity contribution in [3.8, 4) is 10.8 Å². The second-order valence-electron chi connectivity index (χ2n) is 5.05. The molecule has 0 bridgehead atoms. The van der Waals surface area contributed by atoms with Gasteiger partial charge >= 0.3 is 0 Å². The Hall–Kier alpha value is -1.08. The highest BCUT2D eigenvalue weighted by Gasteiger charge is 2.26. The van der Waals surface area contributed by atoms with Crippen LogP contribution in [0.25, 0.3) is 10.8 Å². The highest BCUT2D eigenvalue weighted by Crippen LogP contribution is 2.22. The minimum absolute atomic E-state index is 0. The number of rotatable bonds is 3. The van der Waals surface area contributed by atoms with E-state index in [9.17, 15) is 0 Å². The summed E-state index contributed by atoms with van der Waals surface area (Å²) in [5, 5.41) is 2.97. The monoisotopic (exact) mass is 311 g/mol. The fraction of sp³-hybridized carbons (Fsp3) is 0.462. The molecule has 108 valence electrons.